The van der Waals surface area contributed by atoms with E-state index in [0.29, 0.717) is 23.5 Å². The monoisotopic (exact) mass is 283 g/mol. The molecule has 0 aliphatic heterocycles. The van der Waals surface area contributed by atoms with Crippen molar-refractivity contribution < 1.29 is 14.5 Å². The number of nitro groups is 1. The molecule has 0 aliphatic rings. The first-order valence-electron chi connectivity index (χ1n) is 5.41. The molecule has 0 saturated carbocycles. The number of thiocarbonyl (C=S) groups is 1. The minimum atomic E-state index is -0.588. The van der Waals surface area contributed by atoms with Gasteiger partial charge in [-0.15, -0.1) is 0 Å². The molecule has 0 atom stereocenters. The van der Waals surface area contributed by atoms with Crippen LogP contribution in [0.3, 0.4) is 0 Å². The normalized spacial score (nSPS) is 9.68. The minimum absolute atomic E-state index is 0.00957. The molecular formula is C11H13N3O4S. The van der Waals surface area contributed by atoms with E-state index in [4.69, 9.17) is 10.5 Å². The van der Waals surface area contributed by atoms with E-state index in [0.717, 1.165) is 0 Å². The van der Waals surface area contributed by atoms with Gasteiger partial charge in [0.1, 0.15) is 6.61 Å². The molecule has 1 aromatic rings. The Hall–Kier alpha value is -2.22. The Kier molecular flexibility index (Phi) is 5.68. The fraction of sp³-hybridized carbons (Fsp3) is 0.273. The number of hydrogen-bond acceptors (Lipinski definition) is 5. The molecule has 0 unspecified atom stereocenters. The average Bonchev–Trinajstić information content (AvgIpc) is 2.36. The number of benzene rings is 1. The molecule has 19 heavy (non-hydrogen) atoms. The smallest absolute Gasteiger partial charge is 0.407 e. The van der Waals surface area contributed by atoms with Crippen LogP contribution in [0.15, 0.2) is 24.3 Å². The second-order valence-corrected chi connectivity index (χ2v) is 4.17. The number of hydrogen-bond donors (Lipinski definition) is 2. The van der Waals surface area contributed by atoms with E-state index < -0.39 is 11.0 Å². The highest BCUT2D eigenvalue weighted by Gasteiger charge is 2.06. The third-order valence-electron chi connectivity index (χ3n) is 2.16. The van der Waals surface area contributed by atoms with Gasteiger partial charge in [0.05, 0.1) is 9.91 Å². The summed E-state index contributed by atoms with van der Waals surface area (Å²) < 4.78 is 4.91. The first-order valence-corrected chi connectivity index (χ1v) is 5.82. The van der Waals surface area contributed by atoms with Crippen molar-refractivity contribution >= 4 is 29.0 Å². The average molecular weight is 283 g/mol. The van der Waals surface area contributed by atoms with Crippen LogP contribution in [-0.4, -0.2) is 22.5 Å². The lowest BCUT2D eigenvalue weighted by Crippen LogP contribution is -2.27. The maximum absolute atomic E-state index is 11.2. The van der Waals surface area contributed by atoms with E-state index in [9.17, 15) is 14.9 Å². The van der Waals surface area contributed by atoms with Crippen molar-refractivity contribution in [2.75, 3.05) is 6.54 Å². The Morgan fingerprint density at radius 3 is 2.58 bits per heavy atom. The van der Waals surface area contributed by atoms with Gasteiger partial charge in [-0.05, 0) is 17.7 Å². The van der Waals surface area contributed by atoms with Crippen LogP contribution in [-0.2, 0) is 11.3 Å². The summed E-state index contributed by atoms with van der Waals surface area (Å²) in [5.74, 6) is 0. The molecular weight excluding hydrogens is 270 g/mol. The Balaban J connectivity index is 2.33. The zero-order chi connectivity index (χ0) is 14.3. The molecule has 0 radical (unpaired) electrons. The fourth-order valence-electron chi connectivity index (χ4n) is 1.20. The van der Waals surface area contributed by atoms with Crippen LogP contribution < -0.4 is 11.1 Å². The predicted molar refractivity (Wildman–Crippen MR) is 72.7 cm³/mol. The topological polar surface area (TPSA) is 107 Å². The van der Waals surface area contributed by atoms with Crippen molar-refractivity contribution in [2.24, 2.45) is 5.73 Å². The van der Waals surface area contributed by atoms with Crippen molar-refractivity contribution in [3.8, 4) is 0 Å². The molecule has 0 heterocycles. The van der Waals surface area contributed by atoms with Crippen LogP contribution in [0, 0.1) is 10.1 Å². The van der Waals surface area contributed by atoms with Gasteiger partial charge in [-0.25, -0.2) is 4.79 Å². The molecule has 0 aliphatic carbocycles. The van der Waals surface area contributed by atoms with E-state index >= 15 is 0 Å². The van der Waals surface area contributed by atoms with Crippen molar-refractivity contribution in [3.63, 3.8) is 0 Å². The van der Waals surface area contributed by atoms with Gasteiger partial charge < -0.3 is 15.8 Å². The molecule has 0 fully saturated rings. The van der Waals surface area contributed by atoms with Gasteiger partial charge in [0, 0.05) is 25.1 Å². The quantitative estimate of drug-likeness (QED) is 0.465. The number of nitrogens with one attached hydrogen (secondary N) is 1. The number of alkyl carbamates (subject to hydrolysis) is 1. The number of amides is 1. The number of non-ortho nitro benzene ring substituents is 1. The lowest BCUT2D eigenvalue weighted by molar-refractivity contribution is -0.384. The Labute approximate surface area is 114 Å². The Bertz CT molecular complexity index is 475. The molecule has 1 rings (SSSR count). The molecule has 7 nitrogen and oxygen atoms in total. The molecule has 0 bridgehead atoms. The second-order valence-electron chi connectivity index (χ2n) is 3.64. The largest absolute Gasteiger partial charge is 0.445 e. The summed E-state index contributed by atoms with van der Waals surface area (Å²) in [5.41, 5.74) is 5.92. The van der Waals surface area contributed by atoms with Gasteiger partial charge in [0.25, 0.3) is 5.69 Å². The van der Waals surface area contributed by atoms with E-state index in [1.807, 2.05) is 0 Å². The van der Waals surface area contributed by atoms with Gasteiger partial charge in [0.2, 0.25) is 0 Å². The van der Waals surface area contributed by atoms with E-state index in [1.54, 1.807) is 0 Å². The summed E-state index contributed by atoms with van der Waals surface area (Å²) in [7, 11) is 0. The van der Waals surface area contributed by atoms with Crippen LogP contribution in [0.5, 0.6) is 0 Å². The van der Waals surface area contributed by atoms with Crippen LogP contribution >= 0.6 is 12.2 Å². The van der Waals surface area contributed by atoms with Crippen molar-refractivity contribution in [1.29, 1.82) is 0 Å². The number of carbonyl (C=O) groups excluding carboxylic acids is 1. The lowest BCUT2D eigenvalue weighted by Gasteiger charge is -2.06. The molecule has 0 aromatic heterocycles. The predicted octanol–water partition coefficient (Wildman–Crippen LogP) is 1.50. The number of ether oxygens (including phenoxy) is 1. The third kappa shape index (κ3) is 5.77. The first-order chi connectivity index (χ1) is 8.99. The fourth-order valence-corrected chi connectivity index (χ4v) is 1.30. The summed E-state index contributed by atoms with van der Waals surface area (Å²) in [6.45, 7) is 0.353. The third-order valence-corrected chi connectivity index (χ3v) is 2.36. The molecule has 3 N–H and O–H groups in total. The van der Waals surface area contributed by atoms with E-state index in [1.165, 1.54) is 24.3 Å². The van der Waals surface area contributed by atoms with Crippen LogP contribution in [0.1, 0.15) is 12.0 Å². The lowest BCUT2D eigenvalue weighted by atomic mass is 10.2. The van der Waals surface area contributed by atoms with Gasteiger partial charge in [-0.3, -0.25) is 10.1 Å². The minimum Gasteiger partial charge on any atom is -0.445 e. The Morgan fingerprint density at radius 1 is 1.42 bits per heavy atom. The molecule has 0 spiro atoms. The molecule has 102 valence electrons. The van der Waals surface area contributed by atoms with Crippen LogP contribution in [0.25, 0.3) is 0 Å². The zero-order valence-electron chi connectivity index (χ0n) is 10.00. The van der Waals surface area contributed by atoms with Gasteiger partial charge >= 0.3 is 6.09 Å². The zero-order valence-corrected chi connectivity index (χ0v) is 10.8. The number of nitrogens with two attached hydrogens (primary N) is 1. The summed E-state index contributed by atoms with van der Waals surface area (Å²) in [4.78, 5) is 21.5. The number of nitrogens with zero attached hydrogens (tertiary/aromatic N) is 1. The first kappa shape index (κ1) is 14.8. The van der Waals surface area contributed by atoms with Gasteiger partial charge in [-0.2, -0.15) is 0 Å². The number of nitro benzene ring substituents is 1. The SMILES string of the molecule is NC(=S)CCNC(=O)OCc1ccc([N+](=O)[O-])cc1. The van der Waals surface area contributed by atoms with E-state index in [2.05, 4.69) is 17.5 Å². The highest BCUT2D eigenvalue weighted by atomic mass is 32.1. The highest BCUT2D eigenvalue weighted by molar-refractivity contribution is 7.80. The molecule has 8 heteroatoms. The summed E-state index contributed by atoms with van der Waals surface area (Å²) >= 11 is 4.65. The van der Waals surface area contributed by atoms with Crippen LogP contribution in [0.2, 0.25) is 0 Å². The second kappa shape index (κ2) is 7.27. The maximum Gasteiger partial charge on any atom is 0.407 e. The van der Waals surface area contributed by atoms with Gasteiger partial charge in [-0.1, -0.05) is 12.2 Å². The molecule has 0 saturated heterocycles. The number of carbonyl (C=O) groups is 1. The molecule has 1 aromatic carbocycles. The number of rotatable bonds is 6. The summed E-state index contributed by atoms with van der Waals surface area (Å²) in [6, 6.07) is 5.76. The maximum atomic E-state index is 11.2. The van der Waals surface area contributed by atoms with Crippen molar-refractivity contribution in [2.45, 2.75) is 13.0 Å². The van der Waals surface area contributed by atoms with Crippen molar-refractivity contribution in [3.05, 3.63) is 39.9 Å². The van der Waals surface area contributed by atoms with Gasteiger partial charge in [0.15, 0.2) is 0 Å². The van der Waals surface area contributed by atoms with Crippen LogP contribution in [0.4, 0.5) is 10.5 Å². The standard InChI is InChI=1S/C11H13N3O4S/c12-10(19)5-6-13-11(15)18-7-8-1-3-9(4-2-8)14(16)17/h1-4H,5-7H2,(H2,12,19)(H,13,15). The van der Waals surface area contributed by atoms with Crippen molar-refractivity contribution in [1.82, 2.24) is 5.32 Å². The summed E-state index contributed by atoms with van der Waals surface area (Å²) in [5, 5.41) is 12.9. The van der Waals surface area contributed by atoms with E-state index in [-0.39, 0.29) is 12.3 Å². The summed E-state index contributed by atoms with van der Waals surface area (Å²) in [6.07, 6.45) is -0.184. The highest BCUT2D eigenvalue weighted by Crippen LogP contribution is 2.12. The Morgan fingerprint density at radius 2 is 2.05 bits per heavy atom. The molecule has 1 amide bonds.